The highest BCUT2D eigenvalue weighted by atomic mass is 32.2. The Kier molecular flexibility index (Phi) is 6.13. The number of carbonyl (C=O) groups excluding carboxylic acids is 1. The Labute approximate surface area is 181 Å². The van der Waals surface area contributed by atoms with Gasteiger partial charge in [0.1, 0.15) is 0 Å². The van der Waals surface area contributed by atoms with Gasteiger partial charge in [0.15, 0.2) is 0 Å². The molecule has 2 aromatic carbocycles. The molecule has 0 radical (unpaired) electrons. The quantitative estimate of drug-likeness (QED) is 0.614. The zero-order valence-electron chi connectivity index (χ0n) is 16.8. The SMILES string of the molecule is O=C(Nc1cccc(NS(=O)(=O)c2ccccc2)c1)C1CCN(c2ncccn2)CC1. The maximum Gasteiger partial charge on any atom is 0.261 e. The van der Waals surface area contributed by atoms with Crippen LogP contribution in [0.1, 0.15) is 12.8 Å². The van der Waals surface area contributed by atoms with Crippen LogP contribution in [0.4, 0.5) is 17.3 Å². The standard InChI is InChI=1S/C22H23N5O3S/c28-21(17-10-14-27(15-11-17)22-23-12-5-13-24-22)25-18-6-4-7-19(16-18)26-31(29,30)20-8-2-1-3-9-20/h1-9,12-13,16-17,26H,10-11,14-15H2,(H,25,28). The Bertz CT molecular complexity index is 1130. The first kappa shape index (κ1) is 20.8. The minimum atomic E-state index is -3.69. The third-order valence-corrected chi connectivity index (χ3v) is 6.53. The average Bonchev–Trinajstić information content (AvgIpc) is 2.80. The van der Waals surface area contributed by atoms with Gasteiger partial charge in [0.05, 0.1) is 10.6 Å². The fraction of sp³-hybridized carbons (Fsp3) is 0.227. The molecule has 0 bridgehead atoms. The van der Waals surface area contributed by atoms with Gasteiger partial charge in [-0.05, 0) is 49.2 Å². The molecule has 8 nitrogen and oxygen atoms in total. The molecule has 4 rings (SSSR count). The van der Waals surface area contributed by atoms with Gasteiger partial charge < -0.3 is 10.2 Å². The van der Waals surface area contributed by atoms with E-state index < -0.39 is 10.0 Å². The number of aromatic nitrogens is 2. The summed E-state index contributed by atoms with van der Waals surface area (Å²) in [6, 6.07) is 16.6. The molecule has 2 N–H and O–H groups in total. The first-order valence-corrected chi connectivity index (χ1v) is 11.5. The summed E-state index contributed by atoms with van der Waals surface area (Å²) in [5.74, 6) is 0.487. The van der Waals surface area contributed by atoms with E-state index in [4.69, 9.17) is 0 Å². The van der Waals surface area contributed by atoms with Crippen LogP contribution in [0.15, 0.2) is 78.0 Å². The summed E-state index contributed by atoms with van der Waals surface area (Å²) in [6.45, 7) is 1.41. The maximum absolute atomic E-state index is 12.7. The molecule has 0 aliphatic carbocycles. The second kappa shape index (κ2) is 9.13. The number of hydrogen-bond donors (Lipinski definition) is 2. The van der Waals surface area contributed by atoms with Crippen LogP contribution < -0.4 is 14.9 Å². The van der Waals surface area contributed by atoms with Crippen LogP contribution in [-0.4, -0.2) is 37.4 Å². The number of hydrogen-bond acceptors (Lipinski definition) is 6. The largest absolute Gasteiger partial charge is 0.341 e. The Hall–Kier alpha value is -3.46. The zero-order chi connectivity index (χ0) is 21.7. The number of amides is 1. The molecular formula is C22H23N5O3S. The fourth-order valence-electron chi connectivity index (χ4n) is 3.51. The van der Waals surface area contributed by atoms with Crippen LogP contribution in [0.25, 0.3) is 0 Å². The van der Waals surface area contributed by atoms with Gasteiger partial charge in [-0.25, -0.2) is 18.4 Å². The number of rotatable bonds is 6. The van der Waals surface area contributed by atoms with Crippen molar-refractivity contribution < 1.29 is 13.2 Å². The fourth-order valence-corrected chi connectivity index (χ4v) is 4.59. The number of anilines is 3. The van der Waals surface area contributed by atoms with E-state index in [1.807, 2.05) is 0 Å². The smallest absolute Gasteiger partial charge is 0.261 e. The molecule has 1 fully saturated rings. The lowest BCUT2D eigenvalue weighted by molar-refractivity contribution is -0.120. The van der Waals surface area contributed by atoms with Crippen molar-refractivity contribution in [2.75, 3.05) is 28.0 Å². The van der Waals surface area contributed by atoms with Crippen LogP contribution in [0, 0.1) is 5.92 Å². The van der Waals surface area contributed by atoms with Crippen LogP contribution in [0.3, 0.4) is 0 Å². The molecule has 1 saturated heterocycles. The number of piperidine rings is 1. The molecule has 0 atom stereocenters. The van der Waals surface area contributed by atoms with E-state index in [1.165, 1.54) is 12.1 Å². The monoisotopic (exact) mass is 437 g/mol. The predicted octanol–water partition coefficient (Wildman–Crippen LogP) is 3.13. The van der Waals surface area contributed by atoms with Crippen LogP contribution in [0.5, 0.6) is 0 Å². The lowest BCUT2D eigenvalue weighted by Crippen LogP contribution is -2.39. The van der Waals surface area contributed by atoms with E-state index in [-0.39, 0.29) is 16.7 Å². The number of benzene rings is 2. The zero-order valence-corrected chi connectivity index (χ0v) is 17.6. The Morgan fingerprint density at radius 1 is 0.903 bits per heavy atom. The number of carbonyl (C=O) groups is 1. The second-order valence-corrected chi connectivity index (χ2v) is 8.98. The lowest BCUT2D eigenvalue weighted by Gasteiger charge is -2.31. The molecule has 9 heteroatoms. The van der Waals surface area contributed by atoms with Gasteiger partial charge in [0.25, 0.3) is 10.0 Å². The third kappa shape index (κ3) is 5.18. The molecule has 0 unspecified atom stereocenters. The predicted molar refractivity (Wildman–Crippen MR) is 119 cm³/mol. The highest BCUT2D eigenvalue weighted by Crippen LogP contribution is 2.24. The summed E-state index contributed by atoms with van der Waals surface area (Å²) in [5, 5.41) is 2.91. The topological polar surface area (TPSA) is 104 Å². The number of nitrogens with one attached hydrogen (secondary N) is 2. The van der Waals surface area contributed by atoms with Crippen LogP contribution >= 0.6 is 0 Å². The maximum atomic E-state index is 12.7. The molecule has 2 heterocycles. The summed E-state index contributed by atoms with van der Waals surface area (Å²) in [4.78, 5) is 23.5. The van der Waals surface area contributed by atoms with E-state index in [1.54, 1.807) is 60.9 Å². The van der Waals surface area contributed by atoms with Gasteiger partial charge in [-0.15, -0.1) is 0 Å². The van der Waals surface area contributed by atoms with Gasteiger partial charge in [-0.1, -0.05) is 24.3 Å². The van der Waals surface area contributed by atoms with Gasteiger partial charge in [0.2, 0.25) is 11.9 Å². The van der Waals surface area contributed by atoms with Crippen molar-refractivity contribution in [1.29, 1.82) is 0 Å². The van der Waals surface area contributed by atoms with Gasteiger partial charge in [-0.2, -0.15) is 0 Å². The third-order valence-electron chi connectivity index (χ3n) is 5.14. The van der Waals surface area contributed by atoms with E-state index in [0.29, 0.717) is 43.3 Å². The molecule has 1 aromatic heterocycles. The average molecular weight is 438 g/mol. The van der Waals surface area contributed by atoms with Crippen LogP contribution in [-0.2, 0) is 14.8 Å². The molecule has 31 heavy (non-hydrogen) atoms. The van der Waals surface area contributed by atoms with E-state index >= 15 is 0 Å². The lowest BCUT2D eigenvalue weighted by atomic mass is 9.96. The molecular weight excluding hydrogens is 414 g/mol. The summed E-state index contributed by atoms with van der Waals surface area (Å²) >= 11 is 0. The second-order valence-electron chi connectivity index (χ2n) is 7.30. The highest BCUT2D eigenvalue weighted by Gasteiger charge is 2.26. The Morgan fingerprint density at radius 3 is 2.29 bits per heavy atom. The number of sulfonamides is 1. The molecule has 0 saturated carbocycles. The van der Waals surface area contributed by atoms with Crippen molar-refractivity contribution >= 4 is 33.3 Å². The summed E-state index contributed by atoms with van der Waals surface area (Å²) in [5.41, 5.74) is 0.935. The molecule has 1 aliphatic heterocycles. The van der Waals surface area contributed by atoms with Crippen molar-refractivity contribution in [3.63, 3.8) is 0 Å². The van der Waals surface area contributed by atoms with Crippen molar-refractivity contribution in [2.24, 2.45) is 5.92 Å². The van der Waals surface area contributed by atoms with Crippen molar-refractivity contribution in [3.8, 4) is 0 Å². The molecule has 160 valence electrons. The van der Waals surface area contributed by atoms with Gasteiger partial charge >= 0.3 is 0 Å². The van der Waals surface area contributed by atoms with Gasteiger partial charge in [0, 0.05) is 37.1 Å². The summed E-state index contributed by atoms with van der Waals surface area (Å²) in [6.07, 6.45) is 4.81. The molecule has 1 amide bonds. The first-order valence-electron chi connectivity index (χ1n) is 10.0. The summed E-state index contributed by atoms with van der Waals surface area (Å²) < 4.78 is 27.6. The van der Waals surface area contributed by atoms with Crippen molar-refractivity contribution in [3.05, 3.63) is 73.1 Å². The molecule has 3 aromatic rings. The van der Waals surface area contributed by atoms with Crippen LogP contribution in [0.2, 0.25) is 0 Å². The number of nitrogens with zero attached hydrogens (tertiary/aromatic N) is 3. The summed E-state index contributed by atoms with van der Waals surface area (Å²) in [7, 11) is -3.69. The van der Waals surface area contributed by atoms with E-state index in [9.17, 15) is 13.2 Å². The van der Waals surface area contributed by atoms with Gasteiger partial charge in [-0.3, -0.25) is 9.52 Å². The van der Waals surface area contributed by atoms with Crippen molar-refractivity contribution in [1.82, 2.24) is 9.97 Å². The Balaban J connectivity index is 1.36. The van der Waals surface area contributed by atoms with E-state index in [0.717, 1.165) is 0 Å². The normalized spacial score (nSPS) is 14.8. The molecule has 0 spiro atoms. The van der Waals surface area contributed by atoms with Crippen molar-refractivity contribution in [2.45, 2.75) is 17.7 Å². The molecule has 1 aliphatic rings. The minimum absolute atomic E-state index is 0.0725. The highest BCUT2D eigenvalue weighted by molar-refractivity contribution is 7.92. The van der Waals surface area contributed by atoms with E-state index in [2.05, 4.69) is 24.9 Å². The first-order chi connectivity index (χ1) is 15.0. The Morgan fingerprint density at radius 2 is 1.58 bits per heavy atom. The minimum Gasteiger partial charge on any atom is -0.341 e.